The lowest BCUT2D eigenvalue weighted by molar-refractivity contribution is -0.157. The van der Waals surface area contributed by atoms with Crippen molar-refractivity contribution in [1.29, 1.82) is 0 Å². The SMILES string of the molecule is C=IC(C)C[C@@H]1C(=O)N[C@H](C2Cc3ccccc3C2)C(=O)N1[C@@H](C(=O)NC(C)(C)C)c1cc(F)c(C)cc1F. The molecule has 2 aliphatic rings. The van der Waals surface area contributed by atoms with Crippen LogP contribution in [0.1, 0.15) is 62.4 Å². The Morgan fingerprint density at radius 3 is 2.33 bits per heavy atom. The fourth-order valence-electron chi connectivity index (χ4n) is 5.52. The van der Waals surface area contributed by atoms with E-state index in [1.54, 1.807) is 20.8 Å². The summed E-state index contributed by atoms with van der Waals surface area (Å²) in [4.78, 5) is 43.1. The lowest BCUT2D eigenvalue weighted by Crippen LogP contribution is -2.67. The second-order valence-corrected chi connectivity index (χ2v) is 14.6. The van der Waals surface area contributed by atoms with E-state index in [1.807, 2.05) is 31.2 Å². The fourth-order valence-corrected chi connectivity index (χ4v) is 6.37. The molecule has 1 fully saturated rings. The predicted octanol–water partition coefficient (Wildman–Crippen LogP) is 4.52. The van der Waals surface area contributed by atoms with Gasteiger partial charge in [-0.15, -0.1) is 20.7 Å². The van der Waals surface area contributed by atoms with Crippen molar-refractivity contribution in [2.24, 2.45) is 5.92 Å². The van der Waals surface area contributed by atoms with Crippen molar-refractivity contribution >= 4 is 43.0 Å². The topological polar surface area (TPSA) is 78.5 Å². The molecule has 6 nitrogen and oxygen atoms in total. The Morgan fingerprint density at radius 1 is 1.15 bits per heavy atom. The lowest BCUT2D eigenvalue weighted by Gasteiger charge is -2.45. The summed E-state index contributed by atoms with van der Waals surface area (Å²) in [5.41, 5.74) is 1.33. The van der Waals surface area contributed by atoms with Crippen LogP contribution in [0.2, 0.25) is 0 Å². The van der Waals surface area contributed by atoms with Crippen molar-refractivity contribution in [3.63, 3.8) is 0 Å². The molecule has 2 N–H and O–H groups in total. The quantitative estimate of drug-likeness (QED) is 0.342. The van der Waals surface area contributed by atoms with Gasteiger partial charge in [0, 0.05) is 15.0 Å². The summed E-state index contributed by atoms with van der Waals surface area (Å²) in [5, 5.41) is 5.78. The number of aryl methyl sites for hydroxylation is 1. The number of fused-ring (bicyclic) bond motifs is 1. The van der Waals surface area contributed by atoms with Crippen LogP contribution in [-0.4, -0.2) is 48.7 Å². The van der Waals surface area contributed by atoms with Crippen molar-refractivity contribution in [3.05, 3.63) is 70.3 Å². The molecule has 9 heteroatoms. The summed E-state index contributed by atoms with van der Waals surface area (Å²) in [7, 11) is 0. The smallest absolute Gasteiger partial charge is 0.247 e. The van der Waals surface area contributed by atoms with Gasteiger partial charge in [0.2, 0.25) is 17.7 Å². The molecule has 0 spiro atoms. The fraction of sp³-hybridized carbons (Fsp3) is 0.467. The number of carbonyl (C=O) groups excluding carboxylic acids is 3. The van der Waals surface area contributed by atoms with Crippen LogP contribution >= 0.6 is 20.7 Å². The van der Waals surface area contributed by atoms with Crippen molar-refractivity contribution < 1.29 is 23.2 Å². The van der Waals surface area contributed by atoms with Gasteiger partial charge in [0.15, 0.2) is 0 Å². The maximum atomic E-state index is 15.5. The molecule has 0 radical (unpaired) electrons. The van der Waals surface area contributed by atoms with Gasteiger partial charge < -0.3 is 15.5 Å². The predicted molar refractivity (Wildman–Crippen MR) is 157 cm³/mol. The second kappa shape index (κ2) is 11.4. The van der Waals surface area contributed by atoms with E-state index in [1.165, 1.54) is 11.8 Å². The molecule has 1 unspecified atom stereocenters. The first-order chi connectivity index (χ1) is 18.3. The number of amides is 3. The van der Waals surface area contributed by atoms with Gasteiger partial charge in [-0.25, -0.2) is 8.78 Å². The molecule has 1 aliphatic carbocycles. The molecule has 1 heterocycles. The molecule has 1 saturated heterocycles. The average Bonchev–Trinajstić information content (AvgIpc) is 3.28. The number of piperazine rings is 1. The zero-order valence-electron chi connectivity index (χ0n) is 23.0. The normalized spacial score (nSPS) is 21.4. The first-order valence-electron chi connectivity index (χ1n) is 13.1. The van der Waals surface area contributed by atoms with Gasteiger partial charge in [0.1, 0.15) is 29.8 Å². The van der Waals surface area contributed by atoms with Gasteiger partial charge in [0.05, 0.1) is 0 Å². The van der Waals surface area contributed by atoms with Gasteiger partial charge in [0.25, 0.3) is 0 Å². The molecule has 4 rings (SSSR count). The Bertz CT molecular complexity index is 1280. The van der Waals surface area contributed by atoms with E-state index in [4.69, 9.17) is 0 Å². The third kappa shape index (κ3) is 6.23. The second-order valence-electron chi connectivity index (χ2n) is 11.6. The third-order valence-corrected chi connectivity index (χ3v) is 9.43. The maximum Gasteiger partial charge on any atom is 0.247 e. The van der Waals surface area contributed by atoms with E-state index in [-0.39, 0.29) is 33.3 Å². The highest BCUT2D eigenvalue weighted by molar-refractivity contribution is 14.2. The van der Waals surface area contributed by atoms with E-state index in [2.05, 4.69) is 15.1 Å². The summed E-state index contributed by atoms with van der Waals surface area (Å²) in [5.74, 6) is -3.22. The number of carbonyl (C=O) groups is 3. The van der Waals surface area contributed by atoms with Gasteiger partial charge in [-0.3, -0.25) is 14.4 Å². The number of nitrogens with one attached hydrogen (secondary N) is 2. The largest absolute Gasteiger partial charge is 0.349 e. The molecular formula is C30H36F2IN3O3. The summed E-state index contributed by atoms with van der Waals surface area (Å²) >= 11 is -0.521. The van der Waals surface area contributed by atoms with Gasteiger partial charge in [-0.05, 0) is 81.7 Å². The highest BCUT2D eigenvalue weighted by atomic mass is 127. The van der Waals surface area contributed by atoms with E-state index in [0.29, 0.717) is 12.8 Å². The molecule has 2 aromatic rings. The Hall–Kier alpha value is -2.69. The Morgan fingerprint density at radius 2 is 1.77 bits per heavy atom. The molecule has 1 aliphatic heterocycles. The van der Waals surface area contributed by atoms with Crippen LogP contribution in [0, 0.1) is 24.5 Å². The summed E-state index contributed by atoms with van der Waals surface area (Å²) < 4.78 is 34.4. The van der Waals surface area contributed by atoms with Crippen molar-refractivity contribution in [3.8, 4) is 0 Å². The first-order valence-corrected chi connectivity index (χ1v) is 15.9. The van der Waals surface area contributed by atoms with Crippen LogP contribution in [0.5, 0.6) is 0 Å². The van der Waals surface area contributed by atoms with E-state index < -0.39 is 67.8 Å². The zero-order valence-corrected chi connectivity index (χ0v) is 25.1. The Balaban J connectivity index is 1.83. The van der Waals surface area contributed by atoms with Crippen molar-refractivity contribution in [2.45, 2.75) is 81.5 Å². The molecule has 0 aromatic heterocycles. The Kier molecular flexibility index (Phi) is 8.58. The number of rotatable bonds is 7. The van der Waals surface area contributed by atoms with E-state index in [9.17, 15) is 18.8 Å². The molecule has 0 bridgehead atoms. The van der Waals surface area contributed by atoms with E-state index >= 15 is 4.39 Å². The molecule has 39 heavy (non-hydrogen) atoms. The monoisotopic (exact) mass is 651 g/mol. The van der Waals surface area contributed by atoms with Crippen molar-refractivity contribution in [1.82, 2.24) is 15.5 Å². The van der Waals surface area contributed by atoms with Crippen molar-refractivity contribution in [2.75, 3.05) is 0 Å². The minimum absolute atomic E-state index is 0.0491. The third-order valence-electron chi connectivity index (χ3n) is 7.42. The van der Waals surface area contributed by atoms with Crippen LogP contribution in [-0.2, 0) is 27.2 Å². The minimum atomic E-state index is -1.52. The first kappa shape index (κ1) is 29.3. The molecule has 4 atom stereocenters. The van der Waals surface area contributed by atoms with E-state index in [0.717, 1.165) is 23.3 Å². The van der Waals surface area contributed by atoms with Crippen LogP contribution < -0.4 is 10.6 Å². The molecule has 2 aromatic carbocycles. The average molecular weight is 652 g/mol. The van der Waals surface area contributed by atoms with Crippen LogP contribution in [0.4, 0.5) is 8.78 Å². The molecule has 0 saturated carbocycles. The number of halogens is 3. The molecule has 210 valence electrons. The maximum absolute atomic E-state index is 15.5. The number of benzene rings is 2. The van der Waals surface area contributed by atoms with Crippen LogP contribution in [0.3, 0.4) is 0 Å². The number of hydrogen-bond donors (Lipinski definition) is 2. The Labute approximate surface area is 238 Å². The highest BCUT2D eigenvalue weighted by Gasteiger charge is 2.50. The zero-order chi connectivity index (χ0) is 28.6. The molecular weight excluding hydrogens is 615 g/mol. The number of alkyl halides is 1. The highest BCUT2D eigenvalue weighted by Crippen LogP contribution is 2.37. The van der Waals surface area contributed by atoms with Gasteiger partial charge in [-0.1, -0.05) is 35.7 Å². The minimum Gasteiger partial charge on any atom is -0.349 e. The van der Waals surface area contributed by atoms with Crippen LogP contribution in [0.25, 0.3) is 0 Å². The molecule has 3 amide bonds. The number of nitrogens with zero attached hydrogens (tertiary/aromatic N) is 1. The van der Waals surface area contributed by atoms with Gasteiger partial charge >= 0.3 is 0 Å². The summed E-state index contributed by atoms with van der Waals surface area (Å²) in [6.45, 7) is 8.69. The lowest BCUT2D eigenvalue weighted by atomic mass is 9.88. The summed E-state index contributed by atoms with van der Waals surface area (Å²) in [6.07, 6.45) is 1.47. The number of hydrogen-bond acceptors (Lipinski definition) is 3. The van der Waals surface area contributed by atoms with Crippen LogP contribution in [0.15, 0.2) is 36.4 Å². The standard InChI is InChI=1S/C30H36F2IN3O3/c1-16-11-23(32)21(15-22(16)31)26(28(38)35-30(3,4)5)36-24(12-17(2)33-6)27(37)34-25(29(36)39)20-13-18-9-7-8-10-19(18)14-20/h7-11,15,17,20,24-26H,6,12-14H2,1-5H3,(H,34,37)(H,35,38)/t17?,24-,25-,26-/m1/s1. The van der Waals surface area contributed by atoms with Gasteiger partial charge in [-0.2, -0.15) is 0 Å². The summed E-state index contributed by atoms with van der Waals surface area (Å²) in [6, 6.07) is 6.47.